The van der Waals surface area contributed by atoms with Gasteiger partial charge in [-0.05, 0) is 0 Å². The van der Waals surface area contributed by atoms with E-state index in [1.807, 2.05) is 0 Å². The summed E-state index contributed by atoms with van der Waals surface area (Å²) >= 11 is 0. The monoisotopic (exact) mass is 233 g/mol. The van der Waals surface area contributed by atoms with Gasteiger partial charge in [-0.15, -0.1) is 0 Å². The molecule has 0 aliphatic carbocycles. The number of nitrogens with zero attached hydrogens (tertiary/aromatic N) is 1. The fraction of sp³-hybridized carbons (Fsp3) is 0.625. The topological polar surface area (TPSA) is 147 Å². The van der Waals surface area contributed by atoms with Crippen LogP contribution >= 0.6 is 0 Å². The maximum atomic E-state index is 11.5. The molecule has 0 fully saturated rings. The summed E-state index contributed by atoms with van der Waals surface area (Å²) in [5.74, 6) is -1.83. The summed E-state index contributed by atoms with van der Waals surface area (Å²) in [6.07, 6.45) is 0.323. The maximum absolute atomic E-state index is 11.5. The van der Waals surface area contributed by atoms with Crippen LogP contribution in [0.15, 0.2) is 0 Å². The Hall–Kier alpha value is -1.35. The summed E-state index contributed by atoms with van der Waals surface area (Å²) in [5, 5.41) is 17.3. The molecular formula is C8H15N3O5. The minimum Gasteiger partial charge on any atom is -0.394 e. The van der Waals surface area contributed by atoms with Crippen molar-refractivity contribution in [1.29, 1.82) is 0 Å². The number of amides is 2. The standard InChI is InChI=1S/C8H15N3O5/c9-5(3-13)7(15)11(1-2-12)8(16)6(10)4-14/h2,5-6,13-14H,1,3-4,9-10H2/t5-,6-/m0/s1. The Bertz CT molecular complexity index is 248. The third-order valence-corrected chi connectivity index (χ3v) is 1.82. The number of hydrogen-bond donors (Lipinski definition) is 4. The summed E-state index contributed by atoms with van der Waals surface area (Å²) in [4.78, 5) is 33.7. The van der Waals surface area contributed by atoms with Crippen LogP contribution in [0.1, 0.15) is 0 Å². The van der Waals surface area contributed by atoms with Gasteiger partial charge in [0.2, 0.25) is 11.8 Å². The van der Waals surface area contributed by atoms with Crippen molar-refractivity contribution >= 4 is 18.1 Å². The van der Waals surface area contributed by atoms with Gasteiger partial charge in [0.15, 0.2) is 0 Å². The van der Waals surface area contributed by atoms with Crippen LogP contribution in [0.2, 0.25) is 0 Å². The Morgan fingerprint density at radius 2 is 1.50 bits per heavy atom. The van der Waals surface area contributed by atoms with E-state index >= 15 is 0 Å². The van der Waals surface area contributed by atoms with E-state index in [9.17, 15) is 14.4 Å². The molecular weight excluding hydrogens is 218 g/mol. The second kappa shape index (κ2) is 7.01. The van der Waals surface area contributed by atoms with E-state index < -0.39 is 43.7 Å². The number of carbonyl (C=O) groups excluding carboxylic acids is 3. The van der Waals surface area contributed by atoms with Gasteiger partial charge >= 0.3 is 0 Å². The first-order valence-corrected chi connectivity index (χ1v) is 4.51. The molecule has 0 saturated heterocycles. The lowest BCUT2D eigenvalue weighted by molar-refractivity contribution is -0.148. The molecule has 16 heavy (non-hydrogen) atoms. The zero-order valence-electron chi connectivity index (χ0n) is 8.57. The number of nitrogens with two attached hydrogens (primary N) is 2. The van der Waals surface area contributed by atoms with E-state index in [1.54, 1.807) is 0 Å². The van der Waals surface area contributed by atoms with Crippen molar-refractivity contribution < 1.29 is 24.6 Å². The number of carbonyl (C=O) groups is 3. The first kappa shape index (κ1) is 14.6. The van der Waals surface area contributed by atoms with Crippen LogP contribution in [0.25, 0.3) is 0 Å². The Labute approximate surface area is 91.8 Å². The molecule has 2 amide bonds. The van der Waals surface area contributed by atoms with Crippen LogP contribution in [-0.2, 0) is 14.4 Å². The third kappa shape index (κ3) is 3.66. The molecule has 0 saturated carbocycles. The fourth-order valence-electron chi connectivity index (χ4n) is 0.920. The van der Waals surface area contributed by atoms with Gasteiger partial charge in [-0.25, -0.2) is 0 Å². The highest BCUT2D eigenvalue weighted by atomic mass is 16.3. The summed E-state index contributed by atoms with van der Waals surface area (Å²) in [7, 11) is 0. The van der Waals surface area contributed by atoms with Crippen molar-refractivity contribution in [1.82, 2.24) is 4.90 Å². The minimum atomic E-state index is -1.30. The van der Waals surface area contributed by atoms with E-state index in [2.05, 4.69) is 0 Å². The summed E-state index contributed by atoms with van der Waals surface area (Å²) in [6, 6.07) is -2.59. The molecule has 0 radical (unpaired) electrons. The molecule has 92 valence electrons. The second-order valence-electron chi connectivity index (χ2n) is 3.03. The Kier molecular flexibility index (Phi) is 6.42. The van der Waals surface area contributed by atoms with E-state index in [0.29, 0.717) is 11.2 Å². The van der Waals surface area contributed by atoms with Crippen LogP contribution in [0.3, 0.4) is 0 Å². The van der Waals surface area contributed by atoms with Gasteiger partial charge < -0.3 is 26.5 Å². The van der Waals surface area contributed by atoms with Crippen molar-refractivity contribution in [3.8, 4) is 0 Å². The first-order valence-electron chi connectivity index (χ1n) is 4.51. The van der Waals surface area contributed by atoms with Crippen molar-refractivity contribution in [2.24, 2.45) is 11.5 Å². The summed E-state index contributed by atoms with van der Waals surface area (Å²) < 4.78 is 0. The largest absolute Gasteiger partial charge is 0.394 e. The van der Waals surface area contributed by atoms with Gasteiger partial charge in [-0.1, -0.05) is 0 Å². The first-order chi connectivity index (χ1) is 7.49. The number of imide groups is 1. The van der Waals surface area contributed by atoms with Crippen LogP contribution in [0, 0.1) is 0 Å². The zero-order chi connectivity index (χ0) is 12.7. The van der Waals surface area contributed by atoms with Gasteiger partial charge in [0.1, 0.15) is 18.4 Å². The number of aliphatic hydroxyl groups is 2. The molecule has 0 aromatic heterocycles. The predicted molar refractivity (Wildman–Crippen MR) is 52.9 cm³/mol. The summed E-state index contributed by atoms with van der Waals surface area (Å²) in [6.45, 7) is -1.83. The van der Waals surface area contributed by atoms with E-state index in [-0.39, 0.29) is 0 Å². The molecule has 0 bridgehead atoms. The molecule has 0 heterocycles. The van der Waals surface area contributed by atoms with Gasteiger partial charge in [-0.3, -0.25) is 14.5 Å². The molecule has 0 aromatic carbocycles. The highest BCUT2D eigenvalue weighted by molar-refractivity contribution is 6.01. The van der Waals surface area contributed by atoms with Gasteiger partial charge in [0.05, 0.1) is 19.8 Å². The molecule has 0 spiro atoms. The van der Waals surface area contributed by atoms with Crippen molar-refractivity contribution in [3.05, 3.63) is 0 Å². The zero-order valence-corrected chi connectivity index (χ0v) is 8.57. The van der Waals surface area contributed by atoms with Crippen LogP contribution in [0.4, 0.5) is 0 Å². The normalized spacial score (nSPS) is 14.0. The summed E-state index contributed by atoms with van der Waals surface area (Å²) in [5.41, 5.74) is 10.4. The molecule has 0 rings (SSSR count). The van der Waals surface area contributed by atoms with Gasteiger partial charge in [0.25, 0.3) is 0 Å². The average molecular weight is 233 g/mol. The van der Waals surface area contributed by atoms with Crippen molar-refractivity contribution in [2.45, 2.75) is 12.1 Å². The van der Waals surface area contributed by atoms with E-state index in [1.165, 1.54) is 0 Å². The van der Waals surface area contributed by atoms with Gasteiger partial charge in [-0.2, -0.15) is 0 Å². The molecule has 0 aliphatic rings. The molecule has 0 unspecified atom stereocenters. The van der Waals surface area contributed by atoms with Crippen LogP contribution in [-0.4, -0.2) is 65.1 Å². The quantitative estimate of drug-likeness (QED) is 0.344. The highest BCUT2D eigenvalue weighted by Crippen LogP contribution is 1.97. The fourth-order valence-corrected chi connectivity index (χ4v) is 0.920. The molecule has 2 atom stereocenters. The van der Waals surface area contributed by atoms with E-state index in [4.69, 9.17) is 21.7 Å². The smallest absolute Gasteiger partial charge is 0.248 e. The van der Waals surface area contributed by atoms with Crippen LogP contribution in [0.5, 0.6) is 0 Å². The van der Waals surface area contributed by atoms with Gasteiger partial charge in [0, 0.05) is 0 Å². The SMILES string of the molecule is N[C@@H](CO)C(=O)N(CC=O)C(=O)[C@@H](N)CO. The number of aldehydes is 1. The number of rotatable bonds is 6. The Morgan fingerprint density at radius 1 is 1.12 bits per heavy atom. The minimum absolute atomic E-state index is 0.323. The second-order valence-corrected chi connectivity index (χ2v) is 3.03. The van der Waals surface area contributed by atoms with Crippen LogP contribution < -0.4 is 11.5 Å². The molecule has 0 aliphatic heterocycles. The van der Waals surface area contributed by atoms with E-state index in [0.717, 1.165) is 0 Å². The third-order valence-electron chi connectivity index (χ3n) is 1.82. The average Bonchev–Trinajstić information content (AvgIpc) is 2.32. The molecule has 8 nitrogen and oxygen atoms in total. The lowest BCUT2D eigenvalue weighted by atomic mass is 10.2. The number of aliphatic hydroxyl groups excluding tert-OH is 2. The van der Waals surface area contributed by atoms with Crippen molar-refractivity contribution in [3.63, 3.8) is 0 Å². The Balaban J connectivity index is 4.78. The maximum Gasteiger partial charge on any atom is 0.248 e. The lowest BCUT2D eigenvalue weighted by Crippen LogP contribution is -2.54. The molecule has 6 N–H and O–H groups in total. The molecule has 8 heteroatoms. The highest BCUT2D eigenvalue weighted by Gasteiger charge is 2.28. The predicted octanol–water partition coefficient (Wildman–Crippen LogP) is -3.82. The number of hydrogen-bond acceptors (Lipinski definition) is 7. The Morgan fingerprint density at radius 3 is 1.75 bits per heavy atom. The lowest BCUT2D eigenvalue weighted by Gasteiger charge is -2.23. The van der Waals surface area contributed by atoms with Crippen molar-refractivity contribution in [2.75, 3.05) is 19.8 Å². The molecule has 0 aromatic rings.